The van der Waals surface area contributed by atoms with Gasteiger partial charge >= 0.3 is 5.97 Å². The molecule has 0 bridgehead atoms. The molecule has 2 aromatic rings. The second-order valence-corrected chi connectivity index (χ2v) is 4.77. The minimum Gasteiger partial charge on any atom is -0.497 e. The molecular weight excluding hydrogens is 262 g/mol. The third kappa shape index (κ3) is 3.26. The fourth-order valence-corrected chi connectivity index (χ4v) is 2.43. The van der Waals surface area contributed by atoms with Crippen LogP contribution in [0, 0.1) is 0 Å². The van der Waals surface area contributed by atoms with Gasteiger partial charge in [0.25, 0.3) is 0 Å². The quantitative estimate of drug-likeness (QED) is 0.853. The van der Waals surface area contributed by atoms with E-state index in [0.29, 0.717) is 11.4 Å². The molecule has 2 rings (SSSR count). The molecule has 1 N–H and O–H groups in total. The summed E-state index contributed by atoms with van der Waals surface area (Å²) < 4.78 is 9.84. The molecule has 1 aromatic heterocycles. The summed E-state index contributed by atoms with van der Waals surface area (Å²) in [6, 6.07) is 9.66. The average Bonchev–Trinajstić information content (AvgIpc) is 2.93. The minimum absolute atomic E-state index is 0.313. The molecule has 0 radical (unpaired) electrons. The van der Waals surface area contributed by atoms with Crippen molar-refractivity contribution in [3.8, 4) is 5.75 Å². The summed E-state index contributed by atoms with van der Waals surface area (Å²) in [4.78, 5) is 12.1. The lowest BCUT2D eigenvalue weighted by Crippen LogP contribution is -2.05. The van der Waals surface area contributed by atoms with Crippen LogP contribution in [0.25, 0.3) is 0 Å². The van der Waals surface area contributed by atoms with E-state index in [1.165, 1.54) is 18.4 Å². The smallest absolute Gasteiger partial charge is 0.350 e. The Bertz CT molecular complexity index is 548. The van der Waals surface area contributed by atoms with E-state index in [0.717, 1.165) is 17.0 Å². The lowest BCUT2D eigenvalue weighted by atomic mass is 10.2. The zero-order chi connectivity index (χ0) is 13.7. The maximum Gasteiger partial charge on any atom is 0.350 e. The molecule has 0 aliphatic rings. The zero-order valence-electron chi connectivity index (χ0n) is 10.8. The maximum absolute atomic E-state index is 11.5. The van der Waals surface area contributed by atoms with Crippen LogP contribution in [0.3, 0.4) is 0 Å². The van der Waals surface area contributed by atoms with Gasteiger partial charge in [-0.25, -0.2) is 4.79 Å². The summed E-state index contributed by atoms with van der Waals surface area (Å²) in [5.41, 5.74) is 1.91. The Morgan fingerprint density at radius 1 is 1.21 bits per heavy atom. The molecule has 0 unspecified atom stereocenters. The number of benzene rings is 1. The van der Waals surface area contributed by atoms with Crippen molar-refractivity contribution in [1.29, 1.82) is 0 Å². The highest BCUT2D eigenvalue weighted by molar-refractivity contribution is 7.12. The Kier molecular flexibility index (Phi) is 4.41. The number of thiophene rings is 1. The van der Waals surface area contributed by atoms with Crippen LogP contribution >= 0.6 is 11.3 Å². The molecule has 0 fully saturated rings. The van der Waals surface area contributed by atoms with Crippen LogP contribution in [0.15, 0.2) is 35.7 Å². The first-order valence-corrected chi connectivity index (χ1v) is 6.65. The van der Waals surface area contributed by atoms with Gasteiger partial charge in [-0.2, -0.15) is 0 Å². The van der Waals surface area contributed by atoms with Gasteiger partial charge in [0.1, 0.15) is 10.6 Å². The number of ether oxygens (including phenoxy) is 2. The molecular formula is C14H15NO3S. The van der Waals surface area contributed by atoms with E-state index in [-0.39, 0.29) is 5.97 Å². The molecule has 5 heteroatoms. The number of hydrogen-bond acceptors (Lipinski definition) is 5. The SMILES string of the molecule is COC(=O)c1sccc1NCc1ccc(OC)cc1. The minimum atomic E-state index is -0.313. The van der Waals surface area contributed by atoms with E-state index in [4.69, 9.17) is 9.47 Å². The van der Waals surface area contributed by atoms with Gasteiger partial charge in [0.05, 0.1) is 19.9 Å². The van der Waals surface area contributed by atoms with Crippen molar-refractivity contribution in [2.45, 2.75) is 6.54 Å². The molecule has 100 valence electrons. The number of anilines is 1. The summed E-state index contributed by atoms with van der Waals surface area (Å²) >= 11 is 1.37. The third-order valence-corrected chi connectivity index (χ3v) is 3.57. The third-order valence-electron chi connectivity index (χ3n) is 2.68. The molecule has 0 saturated carbocycles. The number of rotatable bonds is 5. The van der Waals surface area contributed by atoms with Crippen LogP contribution in [0.4, 0.5) is 5.69 Å². The monoisotopic (exact) mass is 277 g/mol. The first kappa shape index (κ1) is 13.4. The van der Waals surface area contributed by atoms with Crippen LogP contribution in [0.1, 0.15) is 15.2 Å². The van der Waals surface area contributed by atoms with Gasteiger partial charge in [-0.15, -0.1) is 11.3 Å². The van der Waals surface area contributed by atoms with Crippen molar-refractivity contribution < 1.29 is 14.3 Å². The molecule has 4 nitrogen and oxygen atoms in total. The Morgan fingerprint density at radius 3 is 2.58 bits per heavy atom. The first-order valence-electron chi connectivity index (χ1n) is 5.77. The molecule has 0 amide bonds. The summed E-state index contributed by atoms with van der Waals surface area (Å²) in [5, 5.41) is 5.09. The summed E-state index contributed by atoms with van der Waals surface area (Å²) in [6.07, 6.45) is 0. The number of nitrogens with one attached hydrogen (secondary N) is 1. The van der Waals surface area contributed by atoms with Crippen molar-refractivity contribution in [2.24, 2.45) is 0 Å². The van der Waals surface area contributed by atoms with E-state index >= 15 is 0 Å². The number of methoxy groups -OCH3 is 2. The molecule has 0 atom stereocenters. The molecule has 1 heterocycles. The van der Waals surface area contributed by atoms with Crippen LogP contribution in [0.2, 0.25) is 0 Å². The summed E-state index contributed by atoms with van der Waals surface area (Å²) in [6.45, 7) is 0.644. The topological polar surface area (TPSA) is 47.6 Å². The second-order valence-electron chi connectivity index (χ2n) is 3.86. The fraction of sp³-hybridized carbons (Fsp3) is 0.214. The molecule has 0 saturated heterocycles. The fourth-order valence-electron chi connectivity index (χ4n) is 1.64. The Labute approximate surface area is 116 Å². The highest BCUT2D eigenvalue weighted by Gasteiger charge is 2.12. The summed E-state index contributed by atoms with van der Waals surface area (Å²) in [7, 11) is 3.02. The van der Waals surface area contributed by atoms with Crippen molar-refractivity contribution in [2.75, 3.05) is 19.5 Å². The Balaban J connectivity index is 2.02. The lowest BCUT2D eigenvalue weighted by Gasteiger charge is -2.07. The largest absolute Gasteiger partial charge is 0.497 e. The first-order chi connectivity index (χ1) is 9.24. The van der Waals surface area contributed by atoms with Gasteiger partial charge in [-0.05, 0) is 29.1 Å². The van der Waals surface area contributed by atoms with Gasteiger partial charge in [0.2, 0.25) is 0 Å². The highest BCUT2D eigenvalue weighted by atomic mass is 32.1. The van der Waals surface area contributed by atoms with Crippen molar-refractivity contribution in [3.05, 3.63) is 46.2 Å². The van der Waals surface area contributed by atoms with Gasteiger partial charge in [0.15, 0.2) is 0 Å². The van der Waals surface area contributed by atoms with Crippen molar-refractivity contribution in [3.63, 3.8) is 0 Å². The predicted molar refractivity (Wildman–Crippen MR) is 76.0 cm³/mol. The molecule has 0 spiro atoms. The van der Waals surface area contributed by atoms with E-state index in [1.54, 1.807) is 7.11 Å². The van der Waals surface area contributed by atoms with Gasteiger partial charge in [0, 0.05) is 6.54 Å². The highest BCUT2D eigenvalue weighted by Crippen LogP contribution is 2.23. The lowest BCUT2D eigenvalue weighted by molar-refractivity contribution is 0.0607. The zero-order valence-corrected chi connectivity index (χ0v) is 11.6. The number of carbonyl (C=O) groups excluding carboxylic acids is 1. The van der Waals surface area contributed by atoms with E-state index in [1.807, 2.05) is 35.7 Å². The van der Waals surface area contributed by atoms with E-state index in [9.17, 15) is 4.79 Å². The molecule has 0 aliphatic carbocycles. The van der Waals surface area contributed by atoms with Crippen molar-refractivity contribution in [1.82, 2.24) is 0 Å². The predicted octanol–water partition coefficient (Wildman–Crippen LogP) is 3.16. The molecule has 1 aromatic carbocycles. The van der Waals surface area contributed by atoms with E-state index < -0.39 is 0 Å². The normalized spacial score (nSPS) is 10.0. The average molecular weight is 277 g/mol. The van der Waals surface area contributed by atoms with E-state index in [2.05, 4.69) is 5.32 Å². The van der Waals surface area contributed by atoms with Gasteiger partial charge in [-0.3, -0.25) is 0 Å². The maximum atomic E-state index is 11.5. The summed E-state index contributed by atoms with van der Waals surface area (Å²) in [5.74, 6) is 0.516. The number of carbonyl (C=O) groups is 1. The van der Waals surface area contributed by atoms with Crippen LogP contribution in [-0.4, -0.2) is 20.2 Å². The van der Waals surface area contributed by atoms with Crippen LogP contribution in [0.5, 0.6) is 5.75 Å². The standard InChI is InChI=1S/C14H15NO3S/c1-17-11-5-3-10(4-6-11)9-15-12-7-8-19-13(12)14(16)18-2/h3-8,15H,9H2,1-2H3. The molecule has 19 heavy (non-hydrogen) atoms. The number of esters is 1. The van der Waals surface area contributed by atoms with Gasteiger partial charge < -0.3 is 14.8 Å². The van der Waals surface area contributed by atoms with Crippen LogP contribution < -0.4 is 10.1 Å². The second kappa shape index (κ2) is 6.24. The van der Waals surface area contributed by atoms with Crippen LogP contribution in [-0.2, 0) is 11.3 Å². The van der Waals surface area contributed by atoms with Crippen molar-refractivity contribution >= 4 is 23.0 Å². The molecule has 0 aliphatic heterocycles. The Hall–Kier alpha value is -2.01. The Morgan fingerprint density at radius 2 is 1.95 bits per heavy atom. The number of hydrogen-bond donors (Lipinski definition) is 1. The van der Waals surface area contributed by atoms with Gasteiger partial charge in [-0.1, -0.05) is 12.1 Å².